The molecule has 0 atom stereocenters. The summed E-state index contributed by atoms with van der Waals surface area (Å²) in [6, 6.07) is 5.81. The van der Waals surface area contributed by atoms with E-state index in [1.807, 2.05) is 12.1 Å². The predicted octanol–water partition coefficient (Wildman–Crippen LogP) is 1.91. The van der Waals surface area contributed by atoms with Gasteiger partial charge >= 0.3 is 0 Å². The van der Waals surface area contributed by atoms with Crippen LogP contribution >= 0.6 is 11.3 Å². The first-order valence-electron chi connectivity index (χ1n) is 6.21. The molecule has 0 saturated heterocycles. The van der Waals surface area contributed by atoms with Crippen LogP contribution in [0.1, 0.15) is 20.8 Å². The Bertz CT molecular complexity index is 687. The molecular formula is C14H15N5OS. The van der Waals surface area contributed by atoms with Crippen molar-refractivity contribution in [2.75, 3.05) is 25.1 Å². The van der Waals surface area contributed by atoms with Crippen LogP contribution in [0.3, 0.4) is 0 Å². The number of nitrogen functional groups attached to an aromatic ring is 1. The minimum Gasteiger partial charge on any atom is -0.396 e. The van der Waals surface area contributed by atoms with Crippen LogP contribution < -0.4 is 11.1 Å². The van der Waals surface area contributed by atoms with E-state index >= 15 is 0 Å². The van der Waals surface area contributed by atoms with E-state index < -0.39 is 0 Å². The Hall–Kier alpha value is -2.59. The molecule has 3 N–H and O–H groups in total. The first-order valence-corrected chi connectivity index (χ1v) is 7.03. The molecule has 2 aromatic heterocycles. The van der Waals surface area contributed by atoms with Gasteiger partial charge in [0.25, 0.3) is 5.91 Å². The zero-order valence-corrected chi connectivity index (χ0v) is 12.6. The van der Waals surface area contributed by atoms with Crippen molar-refractivity contribution in [3.8, 4) is 6.07 Å². The first kappa shape index (κ1) is 14.8. The Morgan fingerprint density at radius 1 is 1.48 bits per heavy atom. The maximum Gasteiger partial charge on any atom is 0.265 e. The van der Waals surface area contributed by atoms with Gasteiger partial charge in [0.05, 0.1) is 5.69 Å². The summed E-state index contributed by atoms with van der Waals surface area (Å²) >= 11 is 1.20. The van der Waals surface area contributed by atoms with Crippen LogP contribution in [0.15, 0.2) is 24.5 Å². The third-order valence-corrected chi connectivity index (χ3v) is 4.01. The Morgan fingerprint density at radius 3 is 2.71 bits per heavy atom. The highest BCUT2D eigenvalue weighted by Gasteiger charge is 2.22. The molecule has 7 heteroatoms. The molecule has 0 fully saturated rings. The van der Waals surface area contributed by atoms with Crippen molar-refractivity contribution in [2.24, 2.45) is 0 Å². The molecule has 6 nitrogen and oxygen atoms in total. The zero-order chi connectivity index (χ0) is 15.4. The quantitative estimate of drug-likeness (QED) is 0.899. The first-order chi connectivity index (χ1) is 10.0. The number of nitriles is 1. The third kappa shape index (κ3) is 3.12. The molecule has 0 spiro atoms. The van der Waals surface area contributed by atoms with Crippen molar-refractivity contribution < 1.29 is 4.79 Å². The number of nitrogens with zero attached hydrogens (tertiary/aromatic N) is 3. The number of thiophene rings is 1. The summed E-state index contributed by atoms with van der Waals surface area (Å²) in [5, 5.41) is 13.0. The van der Waals surface area contributed by atoms with Crippen molar-refractivity contribution in [1.82, 2.24) is 9.88 Å². The maximum absolute atomic E-state index is 12.0. The van der Waals surface area contributed by atoms with Gasteiger partial charge in [-0.1, -0.05) is 0 Å². The normalized spacial score (nSPS) is 9.95. The fourth-order valence-corrected chi connectivity index (χ4v) is 2.81. The molecule has 2 heterocycles. The maximum atomic E-state index is 12.0. The van der Waals surface area contributed by atoms with E-state index in [2.05, 4.69) is 16.4 Å². The number of nitrogens with one attached hydrogen (secondary N) is 1. The van der Waals surface area contributed by atoms with Gasteiger partial charge in [0, 0.05) is 33.0 Å². The van der Waals surface area contributed by atoms with Gasteiger partial charge in [0.1, 0.15) is 21.5 Å². The minimum absolute atomic E-state index is 0.203. The average Bonchev–Trinajstić information content (AvgIpc) is 2.81. The number of hydrogen-bond donors (Lipinski definition) is 2. The summed E-state index contributed by atoms with van der Waals surface area (Å²) in [7, 11) is 3.30. The molecule has 0 aliphatic heterocycles. The summed E-state index contributed by atoms with van der Waals surface area (Å²) in [6.07, 6.45) is 3.40. The Kier molecular flexibility index (Phi) is 4.40. The second kappa shape index (κ2) is 6.24. The second-order valence-corrected chi connectivity index (χ2v) is 5.59. The van der Waals surface area contributed by atoms with E-state index in [1.165, 1.54) is 16.2 Å². The monoisotopic (exact) mass is 301 g/mol. The van der Waals surface area contributed by atoms with Crippen molar-refractivity contribution in [1.29, 1.82) is 5.26 Å². The van der Waals surface area contributed by atoms with Crippen LogP contribution in [0.2, 0.25) is 0 Å². The number of hydrogen-bond acceptors (Lipinski definition) is 6. The summed E-state index contributed by atoms with van der Waals surface area (Å²) in [5.74, 6) is -0.203. The van der Waals surface area contributed by atoms with Crippen molar-refractivity contribution in [3.63, 3.8) is 0 Å². The molecular weight excluding hydrogens is 286 g/mol. The van der Waals surface area contributed by atoms with Gasteiger partial charge in [-0.2, -0.15) is 5.26 Å². The van der Waals surface area contributed by atoms with Crippen LogP contribution in [-0.4, -0.2) is 29.9 Å². The Balaban J connectivity index is 2.26. The van der Waals surface area contributed by atoms with Gasteiger partial charge in [-0.25, -0.2) is 0 Å². The molecule has 0 aliphatic carbocycles. The molecule has 0 aromatic carbocycles. The van der Waals surface area contributed by atoms with Crippen molar-refractivity contribution >= 4 is 27.9 Å². The molecule has 0 saturated carbocycles. The van der Waals surface area contributed by atoms with Gasteiger partial charge in [-0.15, -0.1) is 11.3 Å². The van der Waals surface area contributed by atoms with Crippen LogP contribution in [0.25, 0.3) is 0 Å². The van der Waals surface area contributed by atoms with Gasteiger partial charge in [-0.05, 0) is 17.7 Å². The highest BCUT2D eigenvalue weighted by molar-refractivity contribution is 7.18. The number of carbonyl (C=O) groups is 1. The number of carbonyl (C=O) groups excluding carboxylic acids is 1. The molecule has 21 heavy (non-hydrogen) atoms. The van der Waals surface area contributed by atoms with Crippen molar-refractivity contribution in [2.45, 2.75) is 6.54 Å². The minimum atomic E-state index is -0.203. The standard InChI is InChI=1S/C14H15N5OS/c1-19(2)14(20)12-11(16)10(7-15)13(21-12)18-8-9-3-5-17-6-4-9/h3-6,18H,8,16H2,1-2H3. The molecule has 108 valence electrons. The molecule has 0 aliphatic rings. The lowest BCUT2D eigenvalue weighted by Crippen LogP contribution is -2.21. The van der Waals surface area contributed by atoms with Crippen molar-refractivity contribution in [3.05, 3.63) is 40.5 Å². The van der Waals surface area contributed by atoms with E-state index in [0.717, 1.165) is 5.56 Å². The molecule has 0 bridgehead atoms. The highest BCUT2D eigenvalue weighted by atomic mass is 32.1. The third-order valence-electron chi connectivity index (χ3n) is 2.86. The number of aromatic nitrogens is 1. The van der Waals surface area contributed by atoms with Gasteiger partial charge < -0.3 is 16.0 Å². The number of rotatable bonds is 4. The number of anilines is 2. The SMILES string of the molecule is CN(C)C(=O)c1sc(NCc2ccncc2)c(C#N)c1N. The van der Waals surface area contributed by atoms with Gasteiger partial charge in [0.2, 0.25) is 0 Å². The summed E-state index contributed by atoms with van der Waals surface area (Å²) in [6.45, 7) is 0.534. The molecule has 2 aromatic rings. The van der Waals surface area contributed by atoms with Crippen LogP contribution in [0.5, 0.6) is 0 Å². The molecule has 2 rings (SSSR count). The predicted molar refractivity (Wildman–Crippen MR) is 83.0 cm³/mol. The lowest BCUT2D eigenvalue weighted by atomic mass is 10.2. The lowest BCUT2D eigenvalue weighted by molar-refractivity contribution is 0.0833. The summed E-state index contributed by atoms with van der Waals surface area (Å²) in [5.41, 5.74) is 7.50. The number of nitrogens with two attached hydrogens (primary N) is 1. The fourth-order valence-electron chi connectivity index (χ4n) is 1.72. The topological polar surface area (TPSA) is 95.0 Å². The van der Waals surface area contributed by atoms with E-state index in [0.29, 0.717) is 22.0 Å². The summed E-state index contributed by atoms with van der Waals surface area (Å²) in [4.78, 5) is 17.8. The van der Waals surface area contributed by atoms with Gasteiger partial charge in [-0.3, -0.25) is 9.78 Å². The summed E-state index contributed by atoms with van der Waals surface area (Å²) < 4.78 is 0. The Morgan fingerprint density at radius 2 is 2.14 bits per heavy atom. The van der Waals surface area contributed by atoms with Crippen LogP contribution in [-0.2, 0) is 6.54 Å². The number of amides is 1. The van der Waals surface area contributed by atoms with E-state index in [9.17, 15) is 10.1 Å². The largest absolute Gasteiger partial charge is 0.396 e. The van der Waals surface area contributed by atoms with Crippen LogP contribution in [0, 0.1) is 11.3 Å². The lowest BCUT2D eigenvalue weighted by Gasteiger charge is -2.08. The van der Waals surface area contributed by atoms with Gasteiger partial charge in [0.15, 0.2) is 0 Å². The van der Waals surface area contributed by atoms with E-state index in [-0.39, 0.29) is 11.6 Å². The zero-order valence-electron chi connectivity index (χ0n) is 11.8. The Labute approximate surface area is 126 Å². The van der Waals surface area contributed by atoms with E-state index in [1.54, 1.807) is 26.5 Å². The second-order valence-electron chi connectivity index (χ2n) is 4.57. The molecule has 1 amide bonds. The van der Waals surface area contributed by atoms with E-state index in [4.69, 9.17) is 5.73 Å². The highest BCUT2D eigenvalue weighted by Crippen LogP contribution is 2.35. The average molecular weight is 301 g/mol. The number of pyridine rings is 1. The molecule has 0 radical (unpaired) electrons. The van der Waals surface area contributed by atoms with Crippen LogP contribution in [0.4, 0.5) is 10.7 Å². The molecule has 0 unspecified atom stereocenters. The smallest absolute Gasteiger partial charge is 0.265 e. The fraction of sp³-hybridized carbons (Fsp3) is 0.214.